The molecule has 1 fully saturated rings. The second-order valence-corrected chi connectivity index (χ2v) is 17.2. The zero-order chi connectivity index (χ0) is 42.0. The molecular weight excluding hydrogens is 753 g/mol. The number of β-amino-alcohol motifs (C(OH)–C–C–N with tert-alkyl or cyclic N) is 1. The van der Waals surface area contributed by atoms with E-state index in [9.17, 15) is 24.3 Å². The molecule has 5 N–H and O–H groups in total. The summed E-state index contributed by atoms with van der Waals surface area (Å²) in [5.41, 5.74) is 8.81. The van der Waals surface area contributed by atoms with E-state index in [1.54, 1.807) is 16.2 Å². The van der Waals surface area contributed by atoms with Gasteiger partial charge in [0.1, 0.15) is 17.7 Å². The molecule has 15 nitrogen and oxygen atoms in total. The van der Waals surface area contributed by atoms with E-state index in [1.165, 1.54) is 4.90 Å². The smallest absolute Gasteiger partial charge is 0.410 e. The maximum atomic E-state index is 14.0. The molecule has 1 aromatic heterocycles. The Bertz CT molecular complexity index is 1540. The van der Waals surface area contributed by atoms with Gasteiger partial charge in [-0.05, 0) is 57.1 Å². The molecule has 2 heterocycles. The number of benzene rings is 1. The average Bonchev–Trinajstić information content (AvgIpc) is 3.76. The Morgan fingerprint density at radius 2 is 1.60 bits per heavy atom. The lowest BCUT2D eigenvalue weighted by Gasteiger charge is -2.35. The largest absolute Gasteiger partial charge is 0.444 e. The van der Waals surface area contributed by atoms with E-state index in [1.807, 2.05) is 78.2 Å². The number of aliphatic hydroxyl groups is 1. The van der Waals surface area contributed by atoms with Crippen LogP contribution in [0.15, 0.2) is 29.8 Å². The number of aromatic nitrogens is 1. The Balaban J connectivity index is 1.47. The lowest BCUT2D eigenvalue weighted by molar-refractivity contribution is -0.144. The number of hydrogen-bond donors (Lipinski definition) is 4. The lowest BCUT2D eigenvalue weighted by Crippen LogP contribution is -2.57. The fourth-order valence-electron chi connectivity index (χ4n) is 6.20. The Morgan fingerprint density at radius 3 is 2.19 bits per heavy atom. The van der Waals surface area contributed by atoms with Crippen molar-refractivity contribution in [1.82, 2.24) is 25.4 Å². The molecule has 4 amide bonds. The van der Waals surface area contributed by atoms with Crippen molar-refractivity contribution in [3.8, 4) is 10.4 Å². The Labute approximate surface area is 342 Å². The summed E-state index contributed by atoms with van der Waals surface area (Å²) < 4.78 is 22.0. The number of thiazole rings is 1. The highest BCUT2D eigenvalue weighted by Crippen LogP contribution is 2.28. The predicted octanol–water partition coefficient (Wildman–Crippen LogP) is 4.03. The molecule has 0 unspecified atom stereocenters. The van der Waals surface area contributed by atoms with E-state index in [2.05, 4.69) is 15.6 Å². The van der Waals surface area contributed by atoms with E-state index >= 15 is 0 Å². The number of aryl methyl sites for hydroxylation is 1. The molecular formula is C41H66N6O9S. The number of aliphatic hydroxyl groups excluding tert-OH is 1. The number of nitrogens with two attached hydrogens (primary N) is 1. The van der Waals surface area contributed by atoms with Gasteiger partial charge in [-0.2, -0.15) is 0 Å². The van der Waals surface area contributed by atoms with E-state index in [0.717, 1.165) is 21.7 Å². The highest BCUT2D eigenvalue weighted by Gasteiger charge is 2.44. The molecule has 1 saturated heterocycles. The minimum Gasteiger partial charge on any atom is -0.444 e. The topological polar surface area (TPSA) is 195 Å². The summed E-state index contributed by atoms with van der Waals surface area (Å²) in [5.74, 6) is -1.05. The summed E-state index contributed by atoms with van der Waals surface area (Å²) in [4.78, 5) is 62.0. The Morgan fingerprint density at radius 1 is 0.947 bits per heavy atom. The number of ether oxygens (including phenoxy) is 4. The molecule has 1 aliphatic heterocycles. The van der Waals surface area contributed by atoms with Crippen LogP contribution < -0.4 is 16.4 Å². The van der Waals surface area contributed by atoms with Crippen LogP contribution in [0.1, 0.15) is 84.9 Å². The number of carbonyl (C=O) groups excluding carboxylic acids is 4. The number of carbonyl (C=O) groups is 4. The van der Waals surface area contributed by atoms with Crippen LogP contribution >= 0.6 is 11.3 Å². The molecule has 320 valence electrons. The standard InChI is InChI=1S/C41H66N6O9S/c1-29-35(57-28-44-29)31-14-12-30(13-15-31)26-43-37(50)33-25-32(48)27-47(33)38(51)36(40(2,3)4)45-34(49)11-9-8-10-17-46(39(52)56-41(5,6)7)18-20-54-22-24-55-23-21-53-19-16-42/h12-15,28,32-33,36,48H,8-11,16-27,42H2,1-7H3,(H,43,50)(H,45,49)/t32-,33+,36-/m1/s1. The van der Waals surface area contributed by atoms with Gasteiger partial charge >= 0.3 is 6.09 Å². The number of nitrogens with one attached hydrogen (secondary N) is 2. The van der Waals surface area contributed by atoms with Gasteiger partial charge in [0.25, 0.3) is 0 Å². The minimum absolute atomic E-state index is 0.000285. The van der Waals surface area contributed by atoms with Crippen molar-refractivity contribution in [3.05, 3.63) is 41.0 Å². The fraction of sp³-hybridized carbons (Fsp3) is 0.683. The van der Waals surface area contributed by atoms with Crippen molar-refractivity contribution >= 4 is 35.2 Å². The molecule has 0 radical (unpaired) electrons. The van der Waals surface area contributed by atoms with E-state index < -0.39 is 41.2 Å². The molecule has 3 rings (SSSR count). The van der Waals surface area contributed by atoms with Gasteiger partial charge in [0.15, 0.2) is 0 Å². The van der Waals surface area contributed by atoms with Crippen LogP contribution in [0.25, 0.3) is 10.4 Å². The number of hydrogen-bond acceptors (Lipinski definition) is 12. The average molecular weight is 819 g/mol. The van der Waals surface area contributed by atoms with Gasteiger partial charge in [0.05, 0.1) is 61.8 Å². The van der Waals surface area contributed by atoms with Crippen molar-refractivity contribution in [1.29, 1.82) is 0 Å². The number of likely N-dealkylation sites (tertiary alicyclic amines) is 1. The van der Waals surface area contributed by atoms with Crippen LogP contribution in [0.2, 0.25) is 0 Å². The van der Waals surface area contributed by atoms with E-state index in [0.29, 0.717) is 78.5 Å². The van der Waals surface area contributed by atoms with Gasteiger partial charge in [0, 0.05) is 45.6 Å². The van der Waals surface area contributed by atoms with Crippen LogP contribution in [-0.4, -0.2) is 133 Å². The molecule has 0 spiro atoms. The van der Waals surface area contributed by atoms with Crippen molar-refractivity contribution in [2.75, 3.05) is 65.8 Å². The molecule has 0 aliphatic carbocycles. The Hall–Kier alpha value is -3.67. The molecule has 0 bridgehead atoms. The van der Waals surface area contributed by atoms with Crippen molar-refractivity contribution in [2.45, 2.75) is 111 Å². The highest BCUT2D eigenvalue weighted by atomic mass is 32.1. The maximum absolute atomic E-state index is 14.0. The third-order valence-electron chi connectivity index (χ3n) is 9.21. The summed E-state index contributed by atoms with van der Waals surface area (Å²) in [6.07, 6.45) is 0.841. The summed E-state index contributed by atoms with van der Waals surface area (Å²) >= 11 is 1.57. The molecule has 57 heavy (non-hydrogen) atoms. The van der Waals surface area contributed by atoms with Gasteiger partial charge < -0.3 is 50.2 Å². The van der Waals surface area contributed by atoms with Crippen LogP contribution in [0.4, 0.5) is 4.79 Å². The normalized spacial score (nSPS) is 16.3. The van der Waals surface area contributed by atoms with Crippen molar-refractivity contribution < 1.29 is 43.2 Å². The molecule has 3 atom stereocenters. The first-order chi connectivity index (χ1) is 27.0. The Kier molecular flexibility index (Phi) is 19.8. The third-order valence-corrected chi connectivity index (χ3v) is 10.2. The first kappa shape index (κ1) is 47.7. The lowest BCUT2D eigenvalue weighted by atomic mass is 9.85. The van der Waals surface area contributed by atoms with Crippen LogP contribution in [0.3, 0.4) is 0 Å². The SMILES string of the molecule is Cc1ncsc1-c1ccc(CNC(=O)[C@@H]2C[C@@H](O)CN2C(=O)[C@@H](NC(=O)CCCCCN(CCOCCOCCOCCN)C(=O)OC(C)(C)C)C(C)(C)C)cc1. The number of unbranched alkanes of at least 4 members (excludes halogenated alkanes) is 2. The number of nitrogens with zero attached hydrogens (tertiary/aromatic N) is 3. The first-order valence-electron chi connectivity index (χ1n) is 20.0. The molecule has 0 saturated carbocycles. The van der Waals surface area contributed by atoms with Gasteiger partial charge in [-0.15, -0.1) is 11.3 Å². The molecule has 1 aliphatic rings. The monoisotopic (exact) mass is 818 g/mol. The summed E-state index contributed by atoms with van der Waals surface area (Å²) in [7, 11) is 0. The summed E-state index contributed by atoms with van der Waals surface area (Å²) in [6, 6.07) is 6.10. The highest BCUT2D eigenvalue weighted by molar-refractivity contribution is 7.13. The second-order valence-electron chi connectivity index (χ2n) is 16.3. The first-order valence-corrected chi connectivity index (χ1v) is 20.8. The minimum atomic E-state index is -0.911. The summed E-state index contributed by atoms with van der Waals surface area (Å²) in [6.45, 7) is 17.0. The van der Waals surface area contributed by atoms with Crippen molar-refractivity contribution in [3.63, 3.8) is 0 Å². The zero-order valence-corrected chi connectivity index (χ0v) is 35.8. The van der Waals surface area contributed by atoms with Crippen LogP contribution in [-0.2, 0) is 39.9 Å². The quantitative estimate of drug-likeness (QED) is 0.118. The molecule has 1 aromatic carbocycles. The summed E-state index contributed by atoms with van der Waals surface area (Å²) in [5, 5.41) is 16.4. The number of amides is 4. The maximum Gasteiger partial charge on any atom is 0.410 e. The van der Waals surface area contributed by atoms with E-state index in [-0.39, 0.29) is 37.7 Å². The number of rotatable bonds is 23. The zero-order valence-electron chi connectivity index (χ0n) is 35.0. The van der Waals surface area contributed by atoms with Gasteiger partial charge in [-0.25, -0.2) is 9.78 Å². The molecule has 2 aromatic rings. The second kappa shape index (κ2) is 23.7. The van der Waals surface area contributed by atoms with Crippen LogP contribution in [0, 0.1) is 12.3 Å². The predicted molar refractivity (Wildman–Crippen MR) is 219 cm³/mol. The van der Waals surface area contributed by atoms with Gasteiger partial charge in [-0.1, -0.05) is 51.5 Å². The van der Waals surface area contributed by atoms with E-state index in [4.69, 9.17) is 24.7 Å². The van der Waals surface area contributed by atoms with Gasteiger partial charge in [0.2, 0.25) is 17.7 Å². The third kappa shape index (κ3) is 17.0. The van der Waals surface area contributed by atoms with Crippen LogP contribution in [0.5, 0.6) is 0 Å². The molecule has 16 heteroatoms. The fourth-order valence-corrected chi connectivity index (χ4v) is 7.01. The van der Waals surface area contributed by atoms with Crippen molar-refractivity contribution in [2.24, 2.45) is 11.1 Å². The van der Waals surface area contributed by atoms with Gasteiger partial charge in [-0.3, -0.25) is 14.4 Å².